The fourth-order valence-electron chi connectivity index (χ4n) is 0.946. The van der Waals surface area contributed by atoms with Crippen LogP contribution in [-0.2, 0) is 0 Å². The Labute approximate surface area is 54.2 Å². The molecule has 1 fully saturated rings. The molecule has 3 heteroatoms. The van der Waals surface area contributed by atoms with E-state index >= 15 is 0 Å². The van der Waals surface area contributed by atoms with Gasteiger partial charge in [0.2, 0.25) is 0 Å². The van der Waals surface area contributed by atoms with E-state index in [2.05, 4.69) is 6.58 Å². The second-order valence-corrected chi connectivity index (χ2v) is 2.38. The number of hydrogen-bond acceptors (Lipinski definition) is 3. The van der Waals surface area contributed by atoms with Gasteiger partial charge in [0.25, 0.3) is 0 Å². The van der Waals surface area contributed by atoms with Crippen molar-refractivity contribution in [2.24, 2.45) is 0 Å². The van der Waals surface area contributed by atoms with Crippen LogP contribution in [0, 0.1) is 0 Å². The Morgan fingerprint density at radius 3 is 2.33 bits per heavy atom. The van der Waals surface area contributed by atoms with E-state index in [4.69, 9.17) is 10.2 Å². The maximum Gasteiger partial charge on any atom is 0.120 e. The van der Waals surface area contributed by atoms with Gasteiger partial charge in [-0.2, -0.15) is 0 Å². The van der Waals surface area contributed by atoms with E-state index in [1.165, 1.54) is 0 Å². The Morgan fingerprint density at radius 1 is 1.67 bits per heavy atom. The van der Waals surface area contributed by atoms with Gasteiger partial charge in [0.05, 0.1) is 0 Å². The van der Waals surface area contributed by atoms with E-state index in [0.29, 0.717) is 12.2 Å². The van der Waals surface area contributed by atoms with Gasteiger partial charge in [-0.3, -0.25) is 0 Å². The first-order valence-corrected chi connectivity index (χ1v) is 2.89. The first-order valence-electron chi connectivity index (χ1n) is 2.89. The third-order valence-corrected chi connectivity index (χ3v) is 1.66. The molecule has 1 saturated heterocycles. The normalized spacial score (nSPS) is 35.9. The number of likely N-dealkylation sites (N-methyl/N-ethyl adjacent to an activating group) is 1. The van der Waals surface area contributed by atoms with Gasteiger partial charge < -0.3 is 15.1 Å². The van der Waals surface area contributed by atoms with E-state index in [-0.39, 0.29) is 0 Å². The average molecular weight is 129 g/mol. The molecule has 0 aliphatic carbocycles. The van der Waals surface area contributed by atoms with E-state index < -0.39 is 12.2 Å². The summed E-state index contributed by atoms with van der Waals surface area (Å²) >= 11 is 0. The van der Waals surface area contributed by atoms with Crippen LogP contribution >= 0.6 is 0 Å². The summed E-state index contributed by atoms with van der Waals surface area (Å²) in [5.74, 6) is 0. The summed E-state index contributed by atoms with van der Waals surface area (Å²) in [6.07, 6.45) is -1.41. The van der Waals surface area contributed by atoms with Crippen molar-refractivity contribution in [2.45, 2.75) is 12.2 Å². The number of rotatable bonds is 0. The minimum absolute atomic E-state index is 0.486. The molecule has 1 heterocycles. The summed E-state index contributed by atoms with van der Waals surface area (Å²) in [4.78, 5) is 1.75. The summed E-state index contributed by atoms with van der Waals surface area (Å²) in [6, 6.07) is 0. The van der Waals surface area contributed by atoms with E-state index in [9.17, 15) is 0 Å². The van der Waals surface area contributed by atoms with Gasteiger partial charge in [-0.15, -0.1) is 0 Å². The van der Waals surface area contributed by atoms with E-state index in [1.807, 2.05) is 0 Å². The average Bonchev–Trinajstić information content (AvgIpc) is 1.98. The number of β-amino-alcohol motifs (C(OH)–C–C–N with tert-alkyl or cyclic N) is 1. The van der Waals surface area contributed by atoms with Crippen molar-refractivity contribution in [3.8, 4) is 0 Å². The predicted molar refractivity (Wildman–Crippen MR) is 33.8 cm³/mol. The Morgan fingerprint density at radius 2 is 2.22 bits per heavy atom. The molecular formula is C6H11NO2. The Balaban J connectivity index is 2.65. The highest BCUT2D eigenvalue weighted by molar-refractivity contribution is 5.09. The van der Waals surface area contributed by atoms with Crippen LogP contribution in [0.5, 0.6) is 0 Å². The minimum Gasteiger partial charge on any atom is -0.388 e. The van der Waals surface area contributed by atoms with Gasteiger partial charge >= 0.3 is 0 Å². The molecule has 52 valence electrons. The summed E-state index contributed by atoms with van der Waals surface area (Å²) in [5.41, 5.74) is 0.600. The monoisotopic (exact) mass is 129 g/mol. The SMILES string of the molecule is C=C1C(O)C(O)CN1C. The van der Waals surface area contributed by atoms with Crippen LogP contribution in [0.3, 0.4) is 0 Å². The summed E-state index contributed by atoms with van der Waals surface area (Å²) in [6.45, 7) is 4.07. The molecule has 1 rings (SSSR count). The maximum atomic E-state index is 9.05. The number of nitrogens with zero attached hydrogens (tertiary/aromatic N) is 1. The van der Waals surface area contributed by atoms with E-state index in [1.54, 1.807) is 11.9 Å². The molecule has 0 spiro atoms. The van der Waals surface area contributed by atoms with Crippen molar-refractivity contribution in [1.29, 1.82) is 0 Å². The van der Waals surface area contributed by atoms with Crippen LogP contribution in [0.15, 0.2) is 12.3 Å². The first kappa shape index (κ1) is 6.58. The molecule has 9 heavy (non-hydrogen) atoms. The molecule has 2 atom stereocenters. The van der Waals surface area contributed by atoms with Crippen molar-refractivity contribution < 1.29 is 10.2 Å². The van der Waals surface area contributed by atoms with Gasteiger partial charge in [0.15, 0.2) is 0 Å². The van der Waals surface area contributed by atoms with Gasteiger partial charge in [0, 0.05) is 19.3 Å². The van der Waals surface area contributed by atoms with Crippen LogP contribution in [-0.4, -0.2) is 40.9 Å². The zero-order valence-corrected chi connectivity index (χ0v) is 5.41. The fraction of sp³-hybridized carbons (Fsp3) is 0.667. The van der Waals surface area contributed by atoms with Crippen molar-refractivity contribution in [1.82, 2.24) is 4.90 Å². The zero-order chi connectivity index (χ0) is 7.02. The Bertz CT molecular complexity index is 135. The molecular weight excluding hydrogens is 118 g/mol. The lowest BCUT2D eigenvalue weighted by Crippen LogP contribution is -2.21. The van der Waals surface area contributed by atoms with Gasteiger partial charge in [0.1, 0.15) is 12.2 Å². The molecule has 3 nitrogen and oxygen atoms in total. The topological polar surface area (TPSA) is 43.7 Å². The van der Waals surface area contributed by atoms with Crippen LogP contribution < -0.4 is 0 Å². The highest BCUT2D eigenvalue weighted by Gasteiger charge is 2.30. The molecule has 1 aliphatic rings. The summed E-state index contributed by atoms with van der Waals surface area (Å²) in [7, 11) is 1.79. The third-order valence-electron chi connectivity index (χ3n) is 1.66. The molecule has 0 aromatic carbocycles. The lowest BCUT2D eigenvalue weighted by atomic mass is 10.2. The maximum absolute atomic E-state index is 9.05. The highest BCUT2D eigenvalue weighted by atomic mass is 16.3. The number of likely N-dealkylation sites (tertiary alicyclic amines) is 1. The molecule has 0 amide bonds. The van der Waals surface area contributed by atoms with Gasteiger partial charge in [-0.05, 0) is 0 Å². The van der Waals surface area contributed by atoms with Gasteiger partial charge in [-0.25, -0.2) is 0 Å². The number of hydrogen-bond donors (Lipinski definition) is 2. The highest BCUT2D eigenvalue weighted by Crippen LogP contribution is 2.17. The van der Waals surface area contributed by atoms with Gasteiger partial charge in [-0.1, -0.05) is 6.58 Å². The van der Waals surface area contributed by atoms with E-state index in [0.717, 1.165) is 0 Å². The van der Waals surface area contributed by atoms with Crippen molar-refractivity contribution in [3.63, 3.8) is 0 Å². The molecule has 2 unspecified atom stereocenters. The Hall–Kier alpha value is -0.540. The number of aliphatic hydroxyl groups excluding tert-OH is 2. The molecule has 0 aromatic rings. The molecule has 0 bridgehead atoms. The second-order valence-electron chi connectivity index (χ2n) is 2.38. The molecule has 0 saturated carbocycles. The standard InChI is InChI=1S/C6H11NO2/c1-4-6(9)5(8)3-7(4)2/h5-6,8-9H,1,3H2,2H3. The largest absolute Gasteiger partial charge is 0.388 e. The first-order chi connectivity index (χ1) is 4.13. The van der Waals surface area contributed by atoms with Crippen molar-refractivity contribution in [3.05, 3.63) is 12.3 Å². The lowest BCUT2D eigenvalue weighted by molar-refractivity contribution is 0.0672. The summed E-state index contributed by atoms with van der Waals surface area (Å²) in [5, 5.41) is 18.0. The molecule has 2 N–H and O–H groups in total. The smallest absolute Gasteiger partial charge is 0.120 e. The minimum atomic E-state index is -0.755. The van der Waals surface area contributed by atoms with Crippen LogP contribution in [0.4, 0.5) is 0 Å². The van der Waals surface area contributed by atoms with Crippen LogP contribution in [0.2, 0.25) is 0 Å². The molecule has 0 radical (unpaired) electrons. The second kappa shape index (κ2) is 2.01. The zero-order valence-electron chi connectivity index (χ0n) is 5.41. The number of aliphatic hydroxyl groups is 2. The van der Waals surface area contributed by atoms with Crippen molar-refractivity contribution in [2.75, 3.05) is 13.6 Å². The molecule has 1 aliphatic heterocycles. The van der Waals surface area contributed by atoms with Crippen molar-refractivity contribution >= 4 is 0 Å². The molecule has 0 aromatic heterocycles. The third kappa shape index (κ3) is 0.930. The lowest BCUT2D eigenvalue weighted by Gasteiger charge is -2.10. The quantitative estimate of drug-likeness (QED) is 0.448. The van der Waals surface area contributed by atoms with Crippen LogP contribution in [0.25, 0.3) is 0 Å². The summed E-state index contributed by atoms with van der Waals surface area (Å²) < 4.78 is 0. The Kier molecular flexibility index (Phi) is 1.47. The predicted octanol–water partition coefficient (Wildman–Crippen LogP) is -0.833. The fourth-order valence-corrected chi connectivity index (χ4v) is 0.946. The van der Waals surface area contributed by atoms with Crippen LogP contribution in [0.1, 0.15) is 0 Å².